The van der Waals surface area contributed by atoms with E-state index >= 15 is 0 Å². The molecule has 0 spiro atoms. The first-order chi connectivity index (χ1) is 14.3. The van der Waals surface area contributed by atoms with E-state index in [-0.39, 0.29) is 30.2 Å². The van der Waals surface area contributed by atoms with E-state index in [0.29, 0.717) is 38.9 Å². The molecule has 0 fully saturated rings. The number of ketones is 1. The summed E-state index contributed by atoms with van der Waals surface area (Å²) in [7, 11) is 0. The second-order valence-electron chi connectivity index (χ2n) is 7.26. The normalized spacial score (nSPS) is 14.9. The van der Waals surface area contributed by atoms with Crippen molar-refractivity contribution >= 4 is 23.0 Å². The van der Waals surface area contributed by atoms with Gasteiger partial charge < -0.3 is 10.1 Å². The lowest BCUT2D eigenvalue weighted by Crippen LogP contribution is -2.34. The van der Waals surface area contributed by atoms with Gasteiger partial charge in [-0.15, -0.1) is 11.3 Å². The van der Waals surface area contributed by atoms with Crippen LogP contribution >= 0.6 is 11.3 Å². The molecule has 1 atom stereocenters. The number of ether oxygens (including phenoxy) is 1. The fourth-order valence-electron chi connectivity index (χ4n) is 3.42. The number of nitrogens with zero attached hydrogens (tertiary/aromatic N) is 2. The van der Waals surface area contributed by atoms with Crippen molar-refractivity contribution < 1.29 is 18.7 Å². The predicted octanol–water partition coefficient (Wildman–Crippen LogP) is 3.90. The van der Waals surface area contributed by atoms with Gasteiger partial charge in [-0.25, -0.2) is 9.37 Å². The third-order valence-electron chi connectivity index (χ3n) is 4.86. The molecule has 6 nitrogen and oxygen atoms in total. The van der Waals surface area contributed by atoms with E-state index in [0.717, 1.165) is 22.6 Å². The molecule has 2 aromatic heterocycles. The molecule has 1 N–H and O–H groups in total. The number of aryl methyl sites for hydroxylation is 2. The maximum atomic E-state index is 14.3. The summed E-state index contributed by atoms with van der Waals surface area (Å²) < 4.78 is 20.3. The first-order valence-corrected chi connectivity index (χ1v) is 10.3. The van der Waals surface area contributed by atoms with Gasteiger partial charge in [0.05, 0.1) is 33.4 Å². The number of hydrogen-bond donors (Lipinski definition) is 1. The molecule has 4 rings (SSSR count). The Kier molecular flexibility index (Phi) is 5.34. The summed E-state index contributed by atoms with van der Waals surface area (Å²) in [4.78, 5) is 33.6. The molecule has 0 saturated carbocycles. The van der Waals surface area contributed by atoms with Crippen LogP contribution in [0.3, 0.4) is 0 Å². The molecule has 0 saturated heterocycles. The number of amides is 1. The summed E-state index contributed by atoms with van der Waals surface area (Å²) >= 11 is 1.16. The molecule has 8 heteroatoms. The number of rotatable bonds is 5. The number of thiophene rings is 1. The molecular formula is C22H20FN3O3S. The Morgan fingerprint density at radius 2 is 2.03 bits per heavy atom. The number of nitrogens with one attached hydrogen (secondary N) is 1. The number of benzene rings is 1. The van der Waals surface area contributed by atoms with Crippen molar-refractivity contribution in [3.63, 3.8) is 0 Å². The van der Waals surface area contributed by atoms with Crippen LogP contribution in [0.15, 0.2) is 30.5 Å². The monoisotopic (exact) mass is 425 g/mol. The van der Waals surface area contributed by atoms with Crippen LogP contribution in [0, 0.1) is 19.7 Å². The summed E-state index contributed by atoms with van der Waals surface area (Å²) in [6.45, 7) is 5.38. The number of Topliss-reactive ketones (excluding diaryl/α,β-unsaturated/α-hetero) is 1. The van der Waals surface area contributed by atoms with Crippen LogP contribution in [0.5, 0.6) is 5.75 Å². The molecule has 1 aliphatic rings. The van der Waals surface area contributed by atoms with Gasteiger partial charge in [0.15, 0.2) is 5.78 Å². The van der Waals surface area contributed by atoms with Crippen LogP contribution in [0.2, 0.25) is 0 Å². The van der Waals surface area contributed by atoms with Crippen LogP contribution in [0.4, 0.5) is 4.39 Å². The minimum Gasteiger partial charge on any atom is -0.487 e. The van der Waals surface area contributed by atoms with Gasteiger partial charge in [0.1, 0.15) is 17.7 Å². The Labute approximate surface area is 177 Å². The lowest BCUT2D eigenvalue weighted by Gasteiger charge is -2.14. The quantitative estimate of drug-likeness (QED) is 0.627. The first-order valence-electron chi connectivity index (χ1n) is 9.50. The summed E-state index contributed by atoms with van der Waals surface area (Å²) in [5.74, 6) is -0.125. The third-order valence-corrected chi connectivity index (χ3v) is 6.05. The molecule has 154 valence electrons. The fourth-order valence-corrected chi connectivity index (χ4v) is 4.24. The van der Waals surface area contributed by atoms with Gasteiger partial charge in [0.25, 0.3) is 5.91 Å². The molecule has 0 aliphatic carbocycles. The summed E-state index contributed by atoms with van der Waals surface area (Å²) in [5, 5.41) is 2.84. The smallest absolute Gasteiger partial charge is 0.261 e. The molecule has 3 aromatic rings. The minimum atomic E-state index is -0.366. The topological polar surface area (TPSA) is 81.2 Å². The zero-order chi connectivity index (χ0) is 21.4. The maximum Gasteiger partial charge on any atom is 0.261 e. The van der Waals surface area contributed by atoms with Crippen molar-refractivity contribution in [1.82, 2.24) is 15.3 Å². The zero-order valence-corrected chi connectivity index (χ0v) is 17.6. The van der Waals surface area contributed by atoms with E-state index < -0.39 is 0 Å². The number of aromatic nitrogens is 2. The predicted molar refractivity (Wildman–Crippen MR) is 112 cm³/mol. The van der Waals surface area contributed by atoms with Crippen LogP contribution < -0.4 is 10.1 Å². The molecule has 0 unspecified atom stereocenters. The van der Waals surface area contributed by atoms with Crippen molar-refractivity contribution in [1.29, 1.82) is 0 Å². The number of halogens is 1. The first kappa shape index (κ1) is 20.2. The molecule has 3 heterocycles. The molecular weight excluding hydrogens is 405 g/mol. The molecule has 1 aromatic carbocycles. The molecule has 1 aliphatic heterocycles. The van der Waals surface area contributed by atoms with Crippen LogP contribution in [-0.4, -0.2) is 34.3 Å². The second-order valence-corrected chi connectivity index (χ2v) is 8.34. The number of carbonyl (C=O) groups is 2. The highest BCUT2D eigenvalue weighted by molar-refractivity contribution is 7.15. The number of carbonyl (C=O) groups excluding carboxylic acids is 2. The number of fused-ring (bicyclic) bond motifs is 1. The average molecular weight is 425 g/mol. The van der Waals surface area contributed by atoms with Gasteiger partial charge in [0, 0.05) is 23.7 Å². The SMILES string of the molecule is CC(=O)c1ccc(C(=O)NC[C@H]2Cc3cc(F)cc(-c4nc(C)cnc4C)c3O2)s1. The van der Waals surface area contributed by atoms with Crippen LogP contribution in [0.1, 0.15) is 43.2 Å². The average Bonchev–Trinajstić information content (AvgIpc) is 3.34. The minimum absolute atomic E-state index is 0.0716. The van der Waals surface area contributed by atoms with Gasteiger partial charge in [0.2, 0.25) is 0 Å². The Morgan fingerprint density at radius 1 is 1.27 bits per heavy atom. The van der Waals surface area contributed by atoms with Crippen molar-refractivity contribution in [2.45, 2.75) is 33.3 Å². The van der Waals surface area contributed by atoms with E-state index in [4.69, 9.17) is 4.74 Å². The van der Waals surface area contributed by atoms with Gasteiger partial charge in [-0.05, 0) is 45.0 Å². The van der Waals surface area contributed by atoms with E-state index in [1.807, 2.05) is 13.8 Å². The highest BCUT2D eigenvalue weighted by Crippen LogP contribution is 2.39. The largest absolute Gasteiger partial charge is 0.487 e. The fraction of sp³-hybridized carbons (Fsp3) is 0.273. The van der Waals surface area contributed by atoms with E-state index in [2.05, 4.69) is 15.3 Å². The Balaban J connectivity index is 1.51. The van der Waals surface area contributed by atoms with Gasteiger partial charge >= 0.3 is 0 Å². The lowest BCUT2D eigenvalue weighted by atomic mass is 10.0. The third kappa shape index (κ3) is 3.95. The van der Waals surface area contributed by atoms with E-state index in [9.17, 15) is 14.0 Å². The van der Waals surface area contributed by atoms with E-state index in [1.165, 1.54) is 19.1 Å². The highest BCUT2D eigenvalue weighted by Gasteiger charge is 2.28. The van der Waals surface area contributed by atoms with Crippen LogP contribution in [-0.2, 0) is 6.42 Å². The highest BCUT2D eigenvalue weighted by atomic mass is 32.1. The summed E-state index contributed by atoms with van der Waals surface area (Å²) in [6, 6.07) is 6.14. The molecule has 0 radical (unpaired) electrons. The Bertz CT molecular complexity index is 1160. The Morgan fingerprint density at radius 3 is 2.77 bits per heavy atom. The van der Waals surface area contributed by atoms with Crippen molar-refractivity contribution in [2.75, 3.05) is 6.54 Å². The standard InChI is InChI=1S/C22H20FN3O3S/c1-11-9-24-12(2)20(26-11)17-8-15(23)6-14-7-16(29-21(14)17)10-25-22(28)19-5-4-18(30-19)13(3)27/h4-6,8-9,16H,7,10H2,1-3H3,(H,25,28)/t16-/m1/s1. The molecule has 30 heavy (non-hydrogen) atoms. The molecule has 1 amide bonds. The van der Waals surface area contributed by atoms with Gasteiger partial charge in [-0.1, -0.05) is 0 Å². The van der Waals surface area contributed by atoms with Crippen molar-refractivity contribution in [3.8, 4) is 17.0 Å². The molecule has 0 bridgehead atoms. The van der Waals surface area contributed by atoms with Gasteiger partial charge in [-0.2, -0.15) is 0 Å². The second kappa shape index (κ2) is 7.95. The summed E-state index contributed by atoms with van der Waals surface area (Å²) in [6.07, 6.45) is 1.82. The van der Waals surface area contributed by atoms with E-state index in [1.54, 1.807) is 18.3 Å². The summed E-state index contributed by atoms with van der Waals surface area (Å²) in [5.41, 5.74) is 3.31. The van der Waals surface area contributed by atoms with Crippen LogP contribution in [0.25, 0.3) is 11.3 Å². The Hall–Kier alpha value is -3.13. The lowest BCUT2D eigenvalue weighted by molar-refractivity contribution is 0.0937. The maximum absolute atomic E-state index is 14.3. The number of hydrogen-bond acceptors (Lipinski definition) is 6. The van der Waals surface area contributed by atoms with Crippen molar-refractivity contribution in [3.05, 3.63) is 63.0 Å². The van der Waals surface area contributed by atoms with Gasteiger partial charge in [-0.3, -0.25) is 14.6 Å². The zero-order valence-electron chi connectivity index (χ0n) is 16.8. The van der Waals surface area contributed by atoms with Crippen molar-refractivity contribution in [2.24, 2.45) is 0 Å².